The molecule has 0 spiro atoms. The van der Waals surface area contributed by atoms with Crippen LogP contribution in [-0.4, -0.2) is 30.6 Å². The largest absolute Gasteiger partial charge is 0.374 e. The van der Waals surface area contributed by atoms with Gasteiger partial charge in [0.05, 0.1) is 19.8 Å². The number of benzene rings is 1. The van der Waals surface area contributed by atoms with Crippen LogP contribution >= 0.6 is 8.03 Å². The van der Waals surface area contributed by atoms with E-state index in [-0.39, 0.29) is 19.6 Å². The van der Waals surface area contributed by atoms with Gasteiger partial charge in [-0.15, -0.1) is 0 Å². The van der Waals surface area contributed by atoms with E-state index in [9.17, 15) is 4.57 Å². The first-order valence-electron chi connectivity index (χ1n) is 5.49. The molecule has 0 heterocycles. The lowest BCUT2D eigenvalue weighted by Gasteiger charge is -2.16. The van der Waals surface area contributed by atoms with Crippen molar-refractivity contribution in [2.45, 2.75) is 12.7 Å². The van der Waals surface area contributed by atoms with Gasteiger partial charge in [0.1, 0.15) is 12.5 Å². The summed E-state index contributed by atoms with van der Waals surface area (Å²) < 4.78 is 21.1. The fraction of sp³-hybridized carbons (Fsp3) is 0.455. The topological polar surface area (TPSA) is 91.0 Å². The molecule has 0 saturated heterocycles. The molecule has 0 aliphatic heterocycles. The average molecular weight is 275 g/mol. The van der Waals surface area contributed by atoms with Crippen molar-refractivity contribution in [2.75, 3.05) is 19.6 Å². The molecule has 1 rings (SSSR count). The molecule has 0 aliphatic carbocycles. The van der Waals surface area contributed by atoms with Gasteiger partial charge in [-0.25, -0.2) is 5.90 Å². The SMILES string of the molecule is NOCC(COCc1ccccc1)OC[PH](=O)O. The molecule has 0 radical (unpaired) electrons. The quantitative estimate of drug-likeness (QED) is 0.514. The number of nitrogens with two attached hydrogens (primary N) is 1. The van der Waals surface area contributed by atoms with Crippen LogP contribution in [0.4, 0.5) is 0 Å². The molecule has 1 aromatic carbocycles. The Labute approximate surface area is 106 Å². The molecule has 102 valence electrons. The molecule has 3 N–H and O–H groups in total. The highest BCUT2D eigenvalue weighted by Gasteiger charge is 2.10. The third kappa shape index (κ3) is 6.86. The minimum atomic E-state index is -2.65. The average Bonchev–Trinajstić information content (AvgIpc) is 2.37. The van der Waals surface area contributed by atoms with Crippen LogP contribution in [0.25, 0.3) is 0 Å². The van der Waals surface area contributed by atoms with Gasteiger partial charge in [-0.2, -0.15) is 0 Å². The summed E-state index contributed by atoms with van der Waals surface area (Å²) in [5.74, 6) is 4.95. The molecule has 1 aromatic rings. The molecule has 0 aromatic heterocycles. The van der Waals surface area contributed by atoms with Gasteiger partial charge >= 0.3 is 0 Å². The standard InChI is InChI=1S/C11H18NO5P/c12-17-8-11(16-9-18(13)14)7-15-6-10-4-2-1-3-5-10/h1-5,11,18H,6-9,12H2,(H,13,14). The second-order valence-corrected chi connectivity index (χ2v) is 4.74. The van der Waals surface area contributed by atoms with Crippen LogP contribution < -0.4 is 5.90 Å². The highest BCUT2D eigenvalue weighted by molar-refractivity contribution is 7.37. The maximum atomic E-state index is 10.6. The molecule has 0 amide bonds. The zero-order valence-corrected chi connectivity index (χ0v) is 11.0. The Balaban J connectivity index is 2.26. The van der Waals surface area contributed by atoms with Gasteiger partial charge in [-0.3, -0.25) is 4.57 Å². The summed E-state index contributed by atoms with van der Waals surface area (Å²) in [6, 6.07) is 9.67. The predicted molar refractivity (Wildman–Crippen MR) is 67.2 cm³/mol. The smallest absolute Gasteiger partial charge is 0.214 e. The first-order chi connectivity index (χ1) is 8.72. The molecule has 0 aliphatic rings. The van der Waals surface area contributed by atoms with Crippen molar-refractivity contribution in [1.82, 2.24) is 0 Å². The maximum absolute atomic E-state index is 10.6. The van der Waals surface area contributed by atoms with Gasteiger partial charge in [-0.05, 0) is 5.56 Å². The summed E-state index contributed by atoms with van der Waals surface area (Å²) in [4.78, 5) is 13.1. The Kier molecular flexibility index (Phi) is 7.84. The Hall–Kier alpha value is -0.750. The second-order valence-electron chi connectivity index (χ2n) is 3.66. The van der Waals surface area contributed by atoms with Crippen molar-refractivity contribution >= 4 is 8.03 Å². The lowest BCUT2D eigenvalue weighted by atomic mass is 10.2. The van der Waals surface area contributed by atoms with Gasteiger partial charge < -0.3 is 19.2 Å². The molecule has 2 atom stereocenters. The molecule has 18 heavy (non-hydrogen) atoms. The minimum absolute atomic E-state index is 0.115. The van der Waals surface area contributed by atoms with Crippen LogP contribution in [0, 0.1) is 0 Å². The van der Waals surface area contributed by atoms with Crippen molar-refractivity contribution in [3.63, 3.8) is 0 Å². The third-order valence-corrected chi connectivity index (χ3v) is 2.55. The van der Waals surface area contributed by atoms with Gasteiger partial charge in [0, 0.05) is 0 Å². The highest BCUT2D eigenvalue weighted by Crippen LogP contribution is 2.14. The van der Waals surface area contributed by atoms with E-state index in [1.54, 1.807) is 0 Å². The number of ether oxygens (including phenoxy) is 2. The van der Waals surface area contributed by atoms with Gasteiger partial charge in [0.15, 0.2) is 0 Å². The summed E-state index contributed by atoms with van der Waals surface area (Å²) in [5, 5.41) is 0. The van der Waals surface area contributed by atoms with Crippen molar-refractivity contribution in [3.05, 3.63) is 35.9 Å². The molecule has 0 fully saturated rings. The summed E-state index contributed by atoms with van der Waals surface area (Å²) in [6.45, 7) is 0.810. The predicted octanol–water partition coefficient (Wildman–Crippen LogP) is 0.903. The summed E-state index contributed by atoms with van der Waals surface area (Å²) in [7, 11) is -2.65. The Morgan fingerprint density at radius 3 is 2.61 bits per heavy atom. The van der Waals surface area contributed by atoms with E-state index in [4.69, 9.17) is 20.3 Å². The van der Waals surface area contributed by atoms with Gasteiger partial charge in [0.2, 0.25) is 8.03 Å². The van der Waals surface area contributed by atoms with Crippen molar-refractivity contribution < 1.29 is 23.8 Å². The van der Waals surface area contributed by atoms with E-state index in [1.807, 2.05) is 30.3 Å². The van der Waals surface area contributed by atoms with E-state index in [0.29, 0.717) is 6.61 Å². The van der Waals surface area contributed by atoms with Crippen LogP contribution in [0.3, 0.4) is 0 Å². The zero-order valence-electron chi connectivity index (χ0n) is 9.95. The molecular formula is C11H18NO5P. The molecule has 0 bridgehead atoms. The summed E-state index contributed by atoms with van der Waals surface area (Å²) >= 11 is 0. The van der Waals surface area contributed by atoms with E-state index in [2.05, 4.69) is 4.84 Å². The molecule has 0 saturated carbocycles. The van der Waals surface area contributed by atoms with Crippen molar-refractivity contribution in [3.8, 4) is 0 Å². The lowest BCUT2D eigenvalue weighted by molar-refractivity contribution is -0.0521. The fourth-order valence-electron chi connectivity index (χ4n) is 1.32. The summed E-state index contributed by atoms with van der Waals surface area (Å²) in [6.07, 6.45) is -0.660. The zero-order chi connectivity index (χ0) is 13.2. The molecule has 2 unspecified atom stereocenters. The van der Waals surface area contributed by atoms with Crippen LogP contribution in [-0.2, 0) is 25.5 Å². The van der Waals surface area contributed by atoms with Gasteiger partial charge in [-0.1, -0.05) is 30.3 Å². The van der Waals surface area contributed by atoms with E-state index in [0.717, 1.165) is 5.56 Å². The highest BCUT2D eigenvalue weighted by atomic mass is 31.1. The van der Waals surface area contributed by atoms with E-state index >= 15 is 0 Å². The number of hydrogen-bond acceptors (Lipinski definition) is 5. The minimum Gasteiger partial charge on any atom is -0.374 e. The Morgan fingerprint density at radius 1 is 1.28 bits per heavy atom. The molecule has 6 nitrogen and oxygen atoms in total. The molecular weight excluding hydrogens is 257 g/mol. The van der Waals surface area contributed by atoms with Crippen LogP contribution in [0.5, 0.6) is 0 Å². The molecule has 7 heteroatoms. The van der Waals surface area contributed by atoms with Crippen molar-refractivity contribution in [1.29, 1.82) is 0 Å². The van der Waals surface area contributed by atoms with Crippen LogP contribution in [0.2, 0.25) is 0 Å². The Bertz CT molecular complexity index is 349. The first kappa shape index (κ1) is 15.3. The van der Waals surface area contributed by atoms with Crippen LogP contribution in [0.15, 0.2) is 30.3 Å². The monoisotopic (exact) mass is 275 g/mol. The Morgan fingerprint density at radius 2 is 2.00 bits per heavy atom. The summed E-state index contributed by atoms with van der Waals surface area (Å²) in [5.41, 5.74) is 1.04. The van der Waals surface area contributed by atoms with Gasteiger partial charge in [0.25, 0.3) is 0 Å². The fourth-order valence-corrected chi connectivity index (χ4v) is 1.70. The second kappa shape index (κ2) is 9.22. The maximum Gasteiger partial charge on any atom is 0.214 e. The lowest BCUT2D eigenvalue weighted by Crippen LogP contribution is -2.27. The number of hydrogen-bond donors (Lipinski definition) is 2. The first-order valence-corrected chi connectivity index (χ1v) is 7.05. The van der Waals surface area contributed by atoms with Crippen LogP contribution in [0.1, 0.15) is 5.56 Å². The number of rotatable bonds is 9. The van der Waals surface area contributed by atoms with E-state index in [1.165, 1.54) is 0 Å². The normalized spacial score (nSPS) is 14.3. The van der Waals surface area contributed by atoms with E-state index < -0.39 is 14.1 Å². The third-order valence-electron chi connectivity index (χ3n) is 2.14. The van der Waals surface area contributed by atoms with Crippen molar-refractivity contribution in [2.24, 2.45) is 5.90 Å².